The van der Waals surface area contributed by atoms with E-state index in [0.29, 0.717) is 19.1 Å². The summed E-state index contributed by atoms with van der Waals surface area (Å²) >= 11 is 0. The molecule has 1 aliphatic carbocycles. The summed E-state index contributed by atoms with van der Waals surface area (Å²) in [6, 6.07) is 8.66. The van der Waals surface area contributed by atoms with Gasteiger partial charge < -0.3 is 15.6 Å². The molecule has 0 radical (unpaired) electrons. The van der Waals surface area contributed by atoms with Crippen LogP contribution < -0.4 is 11.1 Å². The van der Waals surface area contributed by atoms with Crippen LogP contribution in [0.4, 0.5) is 0 Å². The lowest BCUT2D eigenvalue weighted by molar-refractivity contribution is -0.122. The second-order valence-corrected chi connectivity index (χ2v) is 6.25. The zero-order valence-corrected chi connectivity index (χ0v) is 13.3. The minimum atomic E-state index is 0.120. The molecule has 4 nitrogen and oxygen atoms in total. The van der Waals surface area contributed by atoms with Crippen molar-refractivity contribution in [2.75, 3.05) is 6.54 Å². The first-order chi connectivity index (χ1) is 10.7. The molecule has 2 aromatic rings. The summed E-state index contributed by atoms with van der Waals surface area (Å²) in [5.41, 5.74) is 9.31. The first-order valence-electron chi connectivity index (χ1n) is 8.27. The highest BCUT2D eigenvalue weighted by Crippen LogP contribution is 2.26. The molecule has 1 aliphatic rings. The summed E-state index contributed by atoms with van der Waals surface area (Å²) in [6.45, 7) is 3.12. The lowest BCUT2D eigenvalue weighted by Gasteiger charge is -2.14. The van der Waals surface area contributed by atoms with E-state index in [9.17, 15) is 4.79 Å². The van der Waals surface area contributed by atoms with E-state index in [-0.39, 0.29) is 5.91 Å². The average Bonchev–Trinajstić information content (AvgIpc) is 3.10. The SMILES string of the molecule is Cc1c(CCN)c2ccccc2n1CC(=O)NC1CCCC1. The lowest BCUT2D eigenvalue weighted by atomic mass is 10.1. The molecule has 0 unspecified atom stereocenters. The molecule has 3 N–H and O–H groups in total. The minimum Gasteiger partial charge on any atom is -0.352 e. The third kappa shape index (κ3) is 2.88. The first kappa shape index (κ1) is 15.1. The summed E-state index contributed by atoms with van der Waals surface area (Å²) in [4.78, 5) is 12.4. The van der Waals surface area contributed by atoms with Crippen molar-refractivity contribution in [2.45, 2.75) is 51.6 Å². The molecule has 1 heterocycles. The van der Waals surface area contributed by atoms with Crippen molar-refractivity contribution < 1.29 is 4.79 Å². The topological polar surface area (TPSA) is 60.0 Å². The normalized spacial score (nSPS) is 15.5. The second kappa shape index (κ2) is 6.53. The molecular formula is C18H25N3O. The van der Waals surface area contributed by atoms with Crippen molar-refractivity contribution in [1.82, 2.24) is 9.88 Å². The highest BCUT2D eigenvalue weighted by molar-refractivity contribution is 5.87. The van der Waals surface area contributed by atoms with Crippen LogP contribution in [0.5, 0.6) is 0 Å². The molecule has 118 valence electrons. The summed E-state index contributed by atoms with van der Waals surface area (Å²) in [7, 11) is 0. The van der Waals surface area contributed by atoms with Crippen molar-refractivity contribution in [3.8, 4) is 0 Å². The largest absolute Gasteiger partial charge is 0.352 e. The molecule has 4 heteroatoms. The minimum absolute atomic E-state index is 0.120. The Morgan fingerprint density at radius 2 is 2.05 bits per heavy atom. The van der Waals surface area contributed by atoms with Crippen LogP contribution in [0.1, 0.15) is 36.9 Å². The number of nitrogens with one attached hydrogen (secondary N) is 1. The van der Waals surface area contributed by atoms with E-state index in [1.807, 2.05) is 12.1 Å². The molecule has 0 aliphatic heterocycles. The summed E-state index contributed by atoms with van der Waals surface area (Å²) in [5, 5.41) is 4.40. The number of aromatic nitrogens is 1. The fourth-order valence-electron chi connectivity index (χ4n) is 3.65. The first-order valence-corrected chi connectivity index (χ1v) is 8.27. The van der Waals surface area contributed by atoms with Crippen LogP contribution in [-0.2, 0) is 17.8 Å². The van der Waals surface area contributed by atoms with Crippen molar-refractivity contribution in [3.63, 3.8) is 0 Å². The van der Waals surface area contributed by atoms with E-state index in [2.05, 4.69) is 28.9 Å². The Balaban J connectivity index is 1.86. The van der Waals surface area contributed by atoms with Gasteiger partial charge in [0.05, 0.1) is 0 Å². The monoisotopic (exact) mass is 299 g/mol. The van der Waals surface area contributed by atoms with Crippen LogP contribution in [0.15, 0.2) is 24.3 Å². The molecule has 1 aromatic heterocycles. The number of para-hydroxylation sites is 1. The molecule has 1 amide bonds. The molecule has 0 atom stereocenters. The molecular weight excluding hydrogens is 274 g/mol. The Bertz CT molecular complexity index is 668. The van der Waals surface area contributed by atoms with E-state index in [1.165, 1.54) is 23.8 Å². The van der Waals surface area contributed by atoms with Crippen LogP contribution in [0.3, 0.4) is 0 Å². The fraction of sp³-hybridized carbons (Fsp3) is 0.500. The van der Waals surface area contributed by atoms with E-state index in [4.69, 9.17) is 5.73 Å². The van der Waals surface area contributed by atoms with Gasteiger partial charge in [0, 0.05) is 22.6 Å². The van der Waals surface area contributed by atoms with Gasteiger partial charge in [-0.05, 0) is 44.4 Å². The van der Waals surface area contributed by atoms with E-state index >= 15 is 0 Å². The third-order valence-electron chi connectivity index (χ3n) is 4.78. The van der Waals surface area contributed by atoms with Crippen LogP contribution >= 0.6 is 0 Å². The molecule has 22 heavy (non-hydrogen) atoms. The number of amides is 1. The molecule has 0 spiro atoms. The number of benzene rings is 1. The van der Waals surface area contributed by atoms with Crippen LogP contribution in [0.25, 0.3) is 10.9 Å². The second-order valence-electron chi connectivity index (χ2n) is 6.25. The van der Waals surface area contributed by atoms with Gasteiger partial charge in [-0.1, -0.05) is 31.0 Å². The highest BCUT2D eigenvalue weighted by atomic mass is 16.2. The van der Waals surface area contributed by atoms with Crippen LogP contribution in [-0.4, -0.2) is 23.1 Å². The number of carbonyl (C=O) groups is 1. The smallest absolute Gasteiger partial charge is 0.240 e. The summed E-state index contributed by atoms with van der Waals surface area (Å²) < 4.78 is 2.13. The molecule has 0 saturated heterocycles. The van der Waals surface area contributed by atoms with Gasteiger partial charge in [0.25, 0.3) is 0 Å². The van der Waals surface area contributed by atoms with E-state index < -0.39 is 0 Å². The van der Waals surface area contributed by atoms with Crippen molar-refractivity contribution >= 4 is 16.8 Å². The Hall–Kier alpha value is -1.81. The number of fused-ring (bicyclic) bond motifs is 1. The summed E-state index contributed by atoms with van der Waals surface area (Å²) in [5.74, 6) is 0.120. The average molecular weight is 299 g/mol. The number of rotatable bonds is 5. The Labute approximate surface area is 131 Å². The quantitative estimate of drug-likeness (QED) is 0.891. The number of carbonyl (C=O) groups excluding carboxylic acids is 1. The van der Waals surface area contributed by atoms with Crippen molar-refractivity contribution in [1.29, 1.82) is 0 Å². The van der Waals surface area contributed by atoms with Gasteiger partial charge in [-0.15, -0.1) is 0 Å². The molecule has 1 saturated carbocycles. The Morgan fingerprint density at radius 1 is 1.32 bits per heavy atom. The van der Waals surface area contributed by atoms with E-state index in [0.717, 1.165) is 30.5 Å². The maximum atomic E-state index is 12.4. The zero-order chi connectivity index (χ0) is 15.5. The fourth-order valence-corrected chi connectivity index (χ4v) is 3.65. The number of nitrogens with two attached hydrogens (primary N) is 1. The standard InChI is InChI=1S/C18H25N3O/c1-13-15(10-11-19)16-8-4-5-9-17(16)21(13)12-18(22)20-14-6-2-3-7-14/h4-5,8-9,14H,2-3,6-7,10-12,19H2,1H3,(H,20,22). The molecule has 1 fully saturated rings. The summed E-state index contributed by atoms with van der Waals surface area (Å²) in [6.07, 6.45) is 5.56. The van der Waals surface area contributed by atoms with Gasteiger partial charge in [-0.2, -0.15) is 0 Å². The lowest BCUT2D eigenvalue weighted by Crippen LogP contribution is -2.35. The number of nitrogens with zero attached hydrogens (tertiary/aromatic N) is 1. The van der Waals surface area contributed by atoms with E-state index in [1.54, 1.807) is 0 Å². The molecule has 1 aromatic carbocycles. The predicted molar refractivity (Wildman–Crippen MR) is 89.8 cm³/mol. The maximum absolute atomic E-state index is 12.4. The molecule has 0 bridgehead atoms. The van der Waals surface area contributed by atoms with Crippen molar-refractivity contribution in [3.05, 3.63) is 35.5 Å². The van der Waals surface area contributed by atoms with Gasteiger partial charge in [-0.3, -0.25) is 4.79 Å². The Morgan fingerprint density at radius 3 is 2.77 bits per heavy atom. The van der Waals surface area contributed by atoms with Crippen LogP contribution in [0.2, 0.25) is 0 Å². The Kier molecular flexibility index (Phi) is 4.48. The van der Waals surface area contributed by atoms with Crippen molar-refractivity contribution in [2.24, 2.45) is 5.73 Å². The van der Waals surface area contributed by atoms with Gasteiger partial charge >= 0.3 is 0 Å². The van der Waals surface area contributed by atoms with Gasteiger partial charge in [0.1, 0.15) is 6.54 Å². The molecule has 3 rings (SSSR count). The van der Waals surface area contributed by atoms with Gasteiger partial charge in [0.15, 0.2) is 0 Å². The highest BCUT2D eigenvalue weighted by Gasteiger charge is 2.19. The number of hydrogen-bond acceptors (Lipinski definition) is 2. The van der Waals surface area contributed by atoms with Crippen LogP contribution in [0, 0.1) is 6.92 Å². The maximum Gasteiger partial charge on any atom is 0.240 e. The predicted octanol–water partition coefficient (Wildman–Crippen LogP) is 2.51. The third-order valence-corrected chi connectivity index (χ3v) is 4.78. The zero-order valence-electron chi connectivity index (χ0n) is 13.3. The number of hydrogen-bond donors (Lipinski definition) is 2. The van der Waals surface area contributed by atoms with Gasteiger partial charge in [0.2, 0.25) is 5.91 Å². The van der Waals surface area contributed by atoms with Gasteiger partial charge in [-0.25, -0.2) is 0 Å².